The smallest absolute Gasteiger partial charge is 0.379 e. The standard InChI is InChI=1S/C35H35F3N8O4/c1-3-45-33-26(20-41-46(33)25-10-5-4-6-11-25)28(29(34(45)49)43-32(48)30-39-13-12-27(42-30)35(36,37)38)24-9-7-8-23(18-24)19-40-31(47)22(2)21-44-14-16-50-17-15-44/h4-13,18,20,28-29H,2-3,14-17,19,21H2,1H3,(H,40,47)(H,43,48)/t28-,29+/m1/s1. The number of morpholine rings is 1. The maximum absolute atomic E-state index is 14.3. The first kappa shape index (κ1) is 34.5. The van der Waals surface area contributed by atoms with Crippen molar-refractivity contribution in [1.82, 2.24) is 35.3 Å². The Balaban J connectivity index is 1.33. The van der Waals surface area contributed by atoms with Gasteiger partial charge in [-0.05, 0) is 36.2 Å². The summed E-state index contributed by atoms with van der Waals surface area (Å²) in [6.07, 6.45) is -2.34. The largest absolute Gasteiger partial charge is 0.433 e. The molecule has 2 aliphatic rings. The predicted molar refractivity (Wildman–Crippen MR) is 176 cm³/mol. The van der Waals surface area contributed by atoms with Crippen LogP contribution in [0.25, 0.3) is 5.69 Å². The number of anilines is 1. The van der Waals surface area contributed by atoms with Gasteiger partial charge in [0, 0.05) is 56.0 Å². The molecule has 260 valence electrons. The van der Waals surface area contributed by atoms with Crippen LogP contribution < -0.4 is 15.5 Å². The molecule has 2 aromatic carbocycles. The van der Waals surface area contributed by atoms with E-state index in [2.05, 4.69) is 37.2 Å². The van der Waals surface area contributed by atoms with Gasteiger partial charge >= 0.3 is 6.18 Å². The molecule has 0 bridgehead atoms. The van der Waals surface area contributed by atoms with E-state index < -0.39 is 41.5 Å². The Labute approximate surface area is 286 Å². The molecular weight excluding hydrogens is 653 g/mol. The van der Waals surface area contributed by atoms with Gasteiger partial charge in [-0.2, -0.15) is 18.3 Å². The van der Waals surface area contributed by atoms with Gasteiger partial charge in [0.2, 0.25) is 11.7 Å². The number of rotatable bonds is 10. The molecule has 1 saturated heterocycles. The van der Waals surface area contributed by atoms with Gasteiger partial charge in [-0.15, -0.1) is 0 Å². The molecule has 0 saturated carbocycles. The molecule has 0 spiro atoms. The molecule has 15 heteroatoms. The second kappa shape index (κ2) is 14.6. The van der Waals surface area contributed by atoms with E-state index in [1.54, 1.807) is 29.9 Å². The molecule has 0 radical (unpaired) electrons. The molecule has 2 aliphatic heterocycles. The zero-order valence-corrected chi connectivity index (χ0v) is 27.2. The molecule has 50 heavy (non-hydrogen) atoms. The van der Waals surface area contributed by atoms with Crippen molar-refractivity contribution >= 4 is 23.5 Å². The molecule has 4 aromatic rings. The van der Waals surface area contributed by atoms with Crippen molar-refractivity contribution in [3.63, 3.8) is 0 Å². The van der Waals surface area contributed by atoms with Crippen molar-refractivity contribution in [3.8, 4) is 5.69 Å². The van der Waals surface area contributed by atoms with Crippen LogP contribution in [-0.2, 0) is 27.0 Å². The number of fused-ring (bicyclic) bond motifs is 1. The first-order chi connectivity index (χ1) is 24.0. The number of aromatic nitrogens is 4. The number of ether oxygens (including phenoxy) is 1. The zero-order valence-electron chi connectivity index (χ0n) is 27.2. The number of halogens is 3. The Kier molecular flexibility index (Phi) is 10.1. The number of alkyl halides is 3. The van der Waals surface area contributed by atoms with E-state index in [1.165, 1.54) is 4.90 Å². The molecule has 0 unspecified atom stereocenters. The van der Waals surface area contributed by atoms with Crippen molar-refractivity contribution < 1.29 is 32.3 Å². The van der Waals surface area contributed by atoms with E-state index in [-0.39, 0.29) is 19.0 Å². The number of hydrogen-bond acceptors (Lipinski definition) is 8. The molecule has 2 atom stereocenters. The normalized spacial score (nSPS) is 18.0. The first-order valence-electron chi connectivity index (χ1n) is 16.1. The van der Waals surface area contributed by atoms with Crippen molar-refractivity contribution in [3.05, 3.63) is 113 Å². The van der Waals surface area contributed by atoms with Crippen LogP contribution in [0.15, 0.2) is 85.2 Å². The summed E-state index contributed by atoms with van der Waals surface area (Å²) in [5.41, 5.74) is 1.75. The maximum Gasteiger partial charge on any atom is 0.433 e. The molecule has 4 heterocycles. The second-order valence-corrected chi connectivity index (χ2v) is 11.9. The predicted octanol–water partition coefficient (Wildman–Crippen LogP) is 3.48. The number of carbonyl (C=O) groups excluding carboxylic acids is 3. The van der Waals surface area contributed by atoms with Crippen LogP contribution >= 0.6 is 0 Å². The number of carbonyl (C=O) groups is 3. The van der Waals surface area contributed by atoms with Gasteiger partial charge in [-0.3, -0.25) is 24.2 Å². The summed E-state index contributed by atoms with van der Waals surface area (Å²) in [5.74, 6) is -2.90. The van der Waals surface area contributed by atoms with Gasteiger partial charge in [0.05, 0.1) is 25.1 Å². The second-order valence-electron chi connectivity index (χ2n) is 11.9. The molecule has 1 fully saturated rings. The van der Waals surface area contributed by atoms with Gasteiger partial charge in [0.15, 0.2) is 0 Å². The highest BCUT2D eigenvalue weighted by molar-refractivity contribution is 6.04. The minimum atomic E-state index is -4.80. The number of para-hydroxylation sites is 1. The fourth-order valence-corrected chi connectivity index (χ4v) is 6.16. The van der Waals surface area contributed by atoms with Crippen LogP contribution in [0.2, 0.25) is 0 Å². The molecule has 2 aromatic heterocycles. The number of nitrogens with zero attached hydrogens (tertiary/aromatic N) is 6. The van der Waals surface area contributed by atoms with Crippen LogP contribution in [0.4, 0.5) is 19.0 Å². The van der Waals surface area contributed by atoms with E-state index in [4.69, 9.17) is 4.74 Å². The van der Waals surface area contributed by atoms with Crippen molar-refractivity contribution in [2.24, 2.45) is 0 Å². The lowest BCUT2D eigenvalue weighted by Crippen LogP contribution is -2.55. The fraction of sp³-hybridized carbons (Fsp3) is 0.314. The molecule has 6 rings (SSSR count). The van der Waals surface area contributed by atoms with Gasteiger partial charge in [-0.25, -0.2) is 14.6 Å². The van der Waals surface area contributed by atoms with Gasteiger partial charge in [0.25, 0.3) is 11.8 Å². The van der Waals surface area contributed by atoms with Crippen LogP contribution in [0.5, 0.6) is 0 Å². The van der Waals surface area contributed by atoms with E-state index >= 15 is 0 Å². The van der Waals surface area contributed by atoms with Gasteiger partial charge in [-0.1, -0.05) is 49.0 Å². The topological polar surface area (TPSA) is 135 Å². The van der Waals surface area contributed by atoms with E-state index in [0.717, 1.165) is 6.20 Å². The summed E-state index contributed by atoms with van der Waals surface area (Å²) in [6.45, 7) is 9.13. The lowest BCUT2D eigenvalue weighted by molar-refractivity contribution is -0.141. The average molecular weight is 689 g/mol. The first-order valence-corrected chi connectivity index (χ1v) is 16.1. The summed E-state index contributed by atoms with van der Waals surface area (Å²) < 4.78 is 47.2. The summed E-state index contributed by atoms with van der Waals surface area (Å²) in [5, 5.41) is 10.2. The van der Waals surface area contributed by atoms with Gasteiger partial charge < -0.3 is 15.4 Å². The lowest BCUT2D eigenvalue weighted by atomic mass is 9.82. The molecule has 0 aliphatic carbocycles. The lowest BCUT2D eigenvalue weighted by Gasteiger charge is -2.38. The average Bonchev–Trinajstić information content (AvgIpc) is 3.56. The number of likely N-dealkylation sites (N-methyl/N-ethyl adjacent to an activating group) is 1. The Morgan fingerprint density at radius 1 is 1.06 bits per heavy atom. The van der Waals surface area contributed by atoms with Crippen molar-refractivity contribution in [2.75, 3.05) is 44.3 Å². The van der Waals surface area contributed by atoms with E-state index in [1.807, 2.05) is 42.5 Å². The summed E-state index contributed by atoms with van der Waals surface area (Å²) >= 11 is 0. The summed E-state index contributed by atoms with van der Waals surface area (Å²) in [4.78, 5) is 51.4. The Morgan fingerprint density at radius 3 is 2.54 bits per heavy atom. The minimum absolute atomic E-state index is 0.155. The van der Waals surface area contributed by atoms with Crippen LogP contribution in [0, 0.1) is 0 Å². The Bertz CT molecular complexity index is 1890. The van der Waals surface area contributed by atoms with Gasteiger partial charge in [0.1, 0.15) is 17.6 Å². The Hall–Kier alpha value is -5.41. The zero-order chi connectivity index (χ0) is 35.4. The van der Waals surface area contributed by atoms with E-state index in [9.17, 15) is 27.6 Å². The van der Waals surface area contributed by atoms with Crippen LogP contribution in [-0.4, -0.2) is 87.8 Å². The van der Waals surface area contributed by atoms with Crippen LogP contribution in [0.3, 0.4) is 0 Å². The fourth-order valence-electron chi connectivity index (χ4n) is 6.16. The highest BCUT2D eigenvalue weighted by Gasteiger charge is 2.45. The van der Waals surface area contributed by atoms with Crippen LogP contribution in [0.1, 0.15) is 45.8 Å². The summed E-state index contributed by atoms with van der Waals surface area (Å²) in [6, 6.07) is 15.8. The third-order valence-electron chi connectivity index (χ3n) is 8.58. The third kappa shape index (κ3) is 7.28. The number of hydrogen-bond donors (Lipinski definition) is 2. The summed E-state index contributed by atoms with van der Waals surface area (Å²) in [7, 11) is 0. The highest BCUT2D eigenvalue weighted by Crippen LogP contribution is 2.41. The SMILES string of the molecule is C=C(CN1CCOCC1)C(=O)NCc1cccc([C@@H]2c3cnn(-c4ccccc4)c3N(CC)C(=O)[C@H]2NC(=O)c2nccc(C(F)(F)F)n2)c1. The Morgan fingerprint density at radius 2 is 1.82 bits per heavy atom. The number of nitrogens with one attached hydrogen (secondary N) is 2. The minimum Gasteiger partial charge on any atom is -0.379 e. The molecule has 2 N–H and O–H groups in total. The molecule has 12 nitrogen and oxygen atoms in total. The molecular formula is C35H35F3N8O4. The quantitative estimate of drug-likeness (QED) is 0.242. The highest BCUT2D eigenvalue weighted by atomic mass is 19.4. The molecule has 3 amide bonds. The van der Waals surface area contributed by atoms with Crippen molar-refractivity contribution in [2.45, 2.75) is 31.6 Å². The van der Waals surface area contributed by atoms with Crippen molar-refractivity contribution in [1.29, 1.82) is 0 Å². The third-order valence-corrected chi connectivity index (χ3v) is 8.58. The number of amides is 3. The van der Waals surface area contributed by atoms with E-state index in [0.29, 0.717) is 72.7 Å². The maximum atomic E-state index is 14.3. The number of benzene rings is 2. The monoisotopic (exact) mass is 688 g/mol.